The molecule has 0 fully saturated rings. The van der Waals surface area contributed by atoms with Crippen molar-refractivity contribution in [2.24, 2.45) is 0 Å². The lowest BCUT2D eigenvalue weighted by Crippen LogP contribution is -2.30. The van der Waals surface area contributed by atoms with Crippen LogP contribution in [0, 0.1) is 0 Å². The average Bonchev–Trinajstić information content (AvgIpc) is 3.41. The molecule has 0 radical (unpaired) electrons. The minimum absolute atomic E-state index is 0.0915. The van der Waals surface area contributed by atoms with Gasteiger partial charge in [-0.25, -0.2) is 0 Å². The molecule has 6 nitrogen and oxygen atoms in total. The molecule has 432 valence electrons. The molecule has 0 bridgehead atoms. The standard InChI is InChI=1S/C69H120O6/c1-4-7-10-13-16-19-21-23-25-27-29-31-32-33-34-35-36-38-39-41-43-45-47-50-53-56-59-62-68(71)74-65-66(64-73-67(70)61-58-55-52-49-18-15-12-9-6-3)75-69(72)63-60-57-54-51-48-46-44-42-40-37-30-28-26-24-22-20-17-14-11-8-5-2/h8,11,17,20,24,26-27,29-30,37,42,44,48,51,66H,4-7,9-10,12-16,18-19,21-23,25,28,31-36,38-41,43,45-47,49-50,52-65H2,1-3H3/b11-8-,20-17-,26-24-,29-27-,37-30-,44-42-,51-48-. The van der Waals surface area contributed by atoms with E-state index in [2.05, 4.69) is 106 Å². The molecule has 0 heterocycles. The van der Waals surface area contributed by atoms with Crippen LogP contribution >= 0.6 is 0 Å². The number of allylic oxidation sites excluding steroid dienone is 14. The first-order chi connectivity index (χ1) is 37.0. The first kappa shape index (κ1) is 71.6. The van der Waals surface area contributed by atoms with Gasteiger partial charge in [0.1, 0.15) is 13.2 Å². The van der Waals surface area contributed by atoms with Crippen molar-refractivity contribution in [3.8, 4) is 0 Å². The van der Waals surface area contributed by atoms with Crippen molar-refractivity contribution in [1.29, 1.82) is 0 Å². The van der Waals surface area contributed by atoms with Gasteiger partial charge in [0, 0.05) is 19.3 Å². The fourth-order valence-electron chi connectivity index (χ4n) is 9.09. The van der Waals surface area contributed by atoms with E-state index in [1.54, 1.807) is 0 Å². The highest BCUT2D eigenvalue weighted by molar-refractivity contribution is 5.71. The van der Waals surface area contributed by atoms with Crippen molar-refractivity contribution in [3.05, 3.63) is 85.1 Å². The Kier molecular flexibility index (Phi) is 60.3. The van der Waals surface area contributed by atoms with Crippen LogP contribution in [0.3, 0.4) is 0 Å². The Bertz CT molecular complexity index is 1430. The number of esters is 3. The van der Waals surface area contributed by atoms with E-state index < -0.39 is 6.10 Å². The van der Waals surface area contributed by atoms with Gasteiger partial charge in [-0.2, -0.15) is 0 Å². The molecule has 1 atom stereocenters. The summed E-state index contributed by atoms with van der Waals surface area (Å²) in [5.41, 5.74) is 0. The predicted octanol–water partition coefficient (Wildman–Crippen LogP) is 21.9. The van der Waals surface area contributed by atoms with Gasteiger partial charge in [-0.3, -0.25) is 14.4 Å². The molecule has 0 spiro atoms. The van der Waals surface area contributed by atoms with Crippen LogP contribution in [0.25, 0.3) is 0 Å². The van der Waals surface area contributed by atoms with E-state index in [0.29, 0.717) is 19.3 Å². The highest BCUT2D eigenvalue weighted by Crippen LogP contribution is 2.16. The van der Waals surface area contributed by atoms with Crippen LogP contribution in [0.2, 0.25) is 0 Å². The Labute approximate surface area is 465 Å². The first-order valence-corrected chi connectivity index (χ1v) is 32.1. The fraction of sp³-hybridized carbons (Fsp3) is 0.754. The number of hydrogen-bond acceptors (Lipinski definition) is 6. The summed E-state index contributed by atoms with van der Waals surface area (Å²) in [6.07, 6.45) is 83.3. The topological polar surface area (TPSA) is 78.9 Å². The summed E-state index contributed by atoms with van der Waals surface area (Å²) in [6.45, 7) is 6.50. The third-order valence-corrected chi connectivity index (χ3v) is 13.9. The van der Waals surface area contributed by atoms with Crippen molar-refractivity contribution in [2.45, 2.75) is 322 Å². The third-order valence-electron chi connectivity index (χ3n) is 13.9. The van der Waals surface area contributed by atoms with Crippen LogP contribution in [-0.4, -0.2) is 37.2 Å². The lowest BCUT2D eigenvalue weighted by molar-refractivity contribution is -0.167. The molecule has 0 N–H and O–H groups in total. The maximum atomic E-state index is 12.9. The highest BCUT2D eigenvalue weighted by atomic mass is 16.6. The molecule has 75 heavy (non-hydrogen) atoms. The molecule has 1 unspecified atom stereocenters. The van der Waals surface area contributed by atoms with Gasteiger partial charge < -0.3 is 14.2 Å². The minimum Gasteiger partial charge on any atom is -0.462 e. The van der Waals surface area contributed by atoms with Crippen molar-refractivity contribution in [1.82, 2.24) is 0 Å². The van der Waals surface area contributed by atoms with E-state index in [1.807, 2.05) is 0 Å². The number of carbonyl (C=O) groups excluding carboxylic acids is 3. The molecule has 0 aromatic carbocycles. The fourth-order valence-corrected chi connectivity index (χ4v) is 9.09. The van der Waals surface area contributed by atoms with Gasteiger partial charge >= 0.3 is 17.9 Å². The molecular weight excluding hydrogens is 925 g/mol. The van der Waals surface area contributed by atoms with E-state index >= 15 is 0 Å². The quantitative estimate of drug-likeness (QED) is 0.0261. The lowest BCUT2D eigenvalue weighted by Gasteiger charge is -2.18. The molecule has 0 rings (SSSR count). The van der Waals surface area contributed by atoms with E-state index in [9.17, 15) is 14.4 Å². The number of unbranched alkanes of at least 4 members (excludes halogenated alkanes) is 33. The van der Waals surface area contributed by atoms with Gasteiger partial charge in [0.2, 0.25) is 0 Å². The Balaban J connectivity index is 4.24. The number of rotatable bonds is 58. The van der Waals surface area contributed by atoms with Gasteiger partial charge in [0.15, 0.2) is 6.10 Å². The van der Waals surface area contributed by atoms with Gasteiger partial charge in [-0.15, -0.1) is 0 Å². The zero-order valence-corrected chi connectivity index (χ0v) is 49.6. The zero-order chi connectivity index (χ0) is 54.3. The van der Waals surface area contributed by atoms with E-state index in [0.717, 1.165) is 89.9 Å². The van der Waals surface area contributed by atoms with Crippen molar-refractivity contribution >= 4 is 17.9 Å². The monoisotopic (exact) mass is 1040 g/mol. The Morgan fingerprint density at radius 1 is 0.280 bits per heavy atom. The molecule has 0 amide bonds. The maximum Gasteiger partial charge on any atom is 0.306 e. The summed E-state index contributed by atoms with van der Waals surface area (Å²) in [4.78, 5) is 38.2. The van der Waals surface area contributed by atoms with Crippen LogP contribution in [0.5, 0.6) is 0 Å². The van der Waals surface area contributed by atoms with Crippen molar-refractivity contribution in [2.75, 3.05) is 13.2 Å². The Hall–Kier alpha value is -3.41. The average molecular weight is 1050 g/mol. The van der Waals surface area contributed by atoms with Crippen LogP contribution in [0.4, 0.5) is 0 Å². The number of hydrogen-bond donors (Lipinski definition) is 0. The summed E-state index contributed by atoms with van der Waals surface area (Å²) in [5.74, 6) is -0.927. The van der Waals surface area contributed by atoms with Crippen LogP contribution in [0.1, 0.15) is 316 Å². The SMILES string of the molecule is CC/C=C\C/C=C\C/C=C\C/C=C\C/C=C\C/C=C\CCCCC(=O)OC(COC(=O)CCCCCCCCCCC)COC(=O)CCCCCCCCCCCCCCCCC/C=C\CCCCCCCCCC. The Morgan fingerprint density at radius 2 is 0.520 bits per heavy atom. The highest BCUT2D eigenvalue weighted by Gasteiger charge is 2.19. The summed E-state index contributed by atoms with van der Waals surface area (Å²) >= 11 is 0. The van der Waals surface area contributed by atoms with E-state index in [-0.39, 0.29) is 37.5 Å². The number of ether oxygens (including phenoxy) is 3. The smallest absolute Gasteiger partial charge is 0.306 e. The van der Waals surface area contributed by atoms with Crippen LogP contribution in [0.15, 0.2) is 85.1 Å². The second-order valence-electron chi connectivity index (χ2n) is 21.3. The van der Waals surface area contributed by atoms with Crippen LogP contribution < -0.4 is 0 Å². The molecule has 0 saturated carbocycles. The third kappa shape index (κ3) is 61.3. The van der Waals surface area contributed by atoms with E-state index in [4.69, 9.17) is 14.2 Å². The first-order valence-electron chi connectivity index (χ1n) is 32.1. The van der Waals surface area contributed by atoms with Gasteiger partial charge in [-0.05, 0) is 96.3 Å². The van der Waals surface area contributed by atoms with Gasteiger partial charge in [0.05, 0.1) is 0 Å². The second kappa shape index (κ2) is 63.1. The summed E-state index contributed by atoms with van der Waals surface area (Å²) in [6, 6.07) is 0. The number of carbonyl (C=O) groups is 3. The van der Waals surface area contributed by atoms with Gasteiger partial charge in [-0.1, -0.05) is 286 Å². The van der Waals surface area contributed by atoms with Crippen molar-refractivity contribution < 1.29 is 28.6 Å². The Morgan fingerprint density at radius 3 is 0.853 bits per heavy atom. The normalized spacial score (nSPS) is 12.6. The molecule has 0 saturated heterocycles. The molecule has 6 heteroatoms. The van der Waals surface area contributed by atoms with Gasteiger partial charge in [0.25, 0.3) is 0 Å². The minimum atomic E-state index is -0.798. The van der Waals surface area contributed by atoms with Crippen LogP contribution in [-0.2, 0) is 28.6 Å². The summed E-state index contributed by atoms with van der Waals surface area (Å²) in [7, 11) is 0. The molecule has 0 aliphatic rings. The summed E-state index contributed by atoms with van der Waals surface area (Å²) < 4.78 is 16.8. The second-order valence-corrected chi connectivity index (χ2v) is 21.3. The maximum absolute atomic E-state index is 12.9. The largest absolute Gasteiger partial charge is 0.462 e. The lowest BCUT2D eigenvalue weighted by atomic mass is 10.0. The predicted molar refractivity (Wildman–Crippen MR) is 325 cm³/mol. The molecule has 0 aliphatic heterocycles. The molecule has 0 aromatic heterocycles. The summed E-state index contributed by atoms with van der Waals surface area (Å²) in [5, 5.41) is 0. The molecule has 0 aliphatic carbocycles. The molecule has 0 aromatic rings. The molecular formula is C69H120O6. The van der Waals surface area contributed by atoms with E-state index in [1.165, 1.54) is 180 Å². The zero-order valence-electron chi connectivity index (χ0n) is 49.6. The van der Waals surface area contributed by atoms with Crippen molar-refractivity contribution in [3.63, 3.8) is 0 Å².